The summed E-state index contributed by atoms with van der Waals surface area (Å²) in [6, 6.07) is 2.92. The molecule has 0 amide bonds. The van der Waals surface area contributed by atoms with E-state index in [1.807, 2.05) is 6.92 Å². The summed E-state index contributed by atoms with van der Waals surface area (Å²) in [5.41, 5.74) is 0. The van der Waals surface area contributed by atoms with Crippen LogP contribution < -0.4 is 10.5 Å². The van der Waals surface area contributed by atoms with E-state index in [-0.39, 0.29) is 11.1 Å². The van der Waals surface area contributed by atoms with Crippen LogP contribution in [0.4, 0.5) is 0 Å². The first-order valence-electron chi connectivity index (χ1n) is 4.94. The third-order valence-electron chi connectivity index (χ3n) is 2.03. The second-order valence-electron chi connectivity index (χ2n) is 3.79. The molecule has 98 valence electrons. The first kappa shape index (κ1) is 14.4. The minimum atomic E-state index is -3.78. The van der Waals surface area contributed by atoms with Gasteiger partial charge >= 0.3 is 0 Å². The lowest BCUT2D eigenvalue weighted by molar-refractivity contribution is 0.396. The van der Waals surface area contributed by atoms with E-state index in [0.29, 0.717) is 18.1 Å². The smallest absolute Gasteiger partial charge is 0.271 e. The maximum absolute atomic E-state index is 11.0. The van der Waals surface area contributed by atoms with Gasteiger partial charge in [-0.1, -0.05) is 0 Å². The first-order chi connectivity index (χ1) is 7.79. The topological polar surface area (TPSA) is 102 Å². The molecule has 0 radical (unpaired) electrons. The summed E-state index contributed by atoms with van der Waals surface area (Å²) in [7, 11) is -4.65. The van der Waals surface area contributed by atoms with Crippen molar-refractivity contribution in [1.29, 1.82) is 0 Å². The van der Waals surface area contributed by atoms with Crippen molar-refractivity contribution >= 4 is 20.8 Å². The van der Waals surface area contributed by atoms with E-state index >= 15 is 0 Å². The molecule has 17 heavy (non-hydrogen) atoms. The fourth-order valence-electron chi connectivity index (χ4n) is 1.29. The first-order valence-corrected chi connectivity index (χ1v) is 8.21. The standard InChI is InChI=1S/C9H16N2O4S2/c1-7(6-16(2)12)11-5-8-3-4-9(15-8)17(10,13)14/h3-4,7,11H,5-6H2,1-2H3,(H2,10,13,14). The van der Waals surface area contributed by atoms with E-state index in [1.54, 1.807) is 12.3 Å². The minimum absolute atomic E-state index is 0.0591. The molecule has 0 saturated carbocycles. The summed E-state index contributed by atoms with van der Waals surface area (Å²) in [6.45, 7) is 2.26. The van der Waals surface area contributed by atoms with Gasteiger partial charge in [-0.15, -0.1) is 0 Å². The molecule has 1 aromatic rings. The molecular formula is C9H16N2O4S2. The van der Waals surface area contributed by atoms with Gasteiger partial charge in [-0.3, -0.25) is 4.21 Å². The fourth-order valence-corrected chi connectivity index (χ4v) is 2.59. The van der Waals surface area contributed by atoms with Crippen LogP contribution in [0, 0.1) is 0 Å². The molecule has 0 aliphatic heterocycles. The third-order valence-corrected chi connectivity index (χ3v) is 3.78. The molecule has 1 aromatic heterocycles. The molecule has 2 unspecified atom stereocenters. The Morgan fingerprint density at radius 1 is 1.53 bits per heavy atom. The Bertz CT molecular complexity index is 495. The molecule has 1 heterocycles. The zero-order chi connectivity index (χ0) is 13.1. The van der Waals surface area contributed by atoms with E-state index in [9.17, 15) is 12.6 Å². The molecule has 0 aliphatic carbocycles. The number of hydrogen-bond acceptors (Lipinski definition) is 5. The molecule has 1 rings (SSSR count). The predicted molar refractivity (Wildman–Crippen MR) is 65.3 cm³/mol. The van der Waals surface area contributed by atoms with Crippen molar-refractivity contribution in [2.75, 3.05) is 12.0 Å². The number of furan rings is 1. The highest BCUT2D eigenvalue weighted by molar-refractivity contribution is 7.89. The SMILES string of the molecule is CC(CS(C)=O)NCc1ccc(S(N)(=O)=O)o1. The molecule has 8 heteroatoms. The average molecular weight is 280 g/mol. The van der Waals surface area contributed by atoms with E-state index < -0.39 is 20.8 Å². The summed E-state index contributed by atoms with van der Waals surface area (Å²) in [5.74, 6) is 1.01. The van der Waals surface area contributed by atoms with Gasteiger partial charge in [-0.2, -0.15) is 0 Å². The second-order valence-corrected chi connectivity index (χ2v) is 6.76. The summed E-state index contributed by atoms with van der Waals surface area (Å²) in [5, 5.41) is 7.73. The van der Waals surface area contributed by atoms with Crippen LogP contribution in [-0.2, 0) is 27.4 Å². The summed E-state index contributed by atoms with van der Waals surface area (Å²) < 4.78 is 37.9. The molecule has 0 bridgehead atoms. The van der Waals surface area contributed by atoms with Crippen LogP contribution >= 0.6 is 0 Å². The second kappa shape index (κ2) is 5.76. The fraction of sp³-hybridized carbons (Fsp3) is 0.556. The van der Waals surface area contributed by atoms with Crippen molar-refractivity contribution in [2.45, 2.75) is 24.6 Å². The number of primary sulfonamides is 1. The molecule has 0 saturated heterocycles. The third kappa shape index (κ3) is 4.99. The van der Waals surface area contributed by atoms with Gasteiger partial charge in [0, 0.05) is 28.9 Å². The van der Waals surface area contributed by atoms with Crippen LogP contribution in [0.5, 0.6) is 0 Å². The lowest BCUT2D eigenvalue weighted by Gasteiger charge is -2.10. The maximum atomic E-state index is 11.0. The lowest BCUT2D eigenvalue weighted by atomic mass is 10.3. The van der Waals surface area contributed by atoms with Gasteiger partial charge in [-0.25, -0.2) is 13.6 Å². The predicted octanol–water partition coefficient (Wildman–Crippen LogP) is -0.216. The summed E-state index contributed by atoms with van der Waals surface area (Å²) in [6.07, 6.45) is 1.63. The number of rotatable bonds is 6. The quantitative estimate of drug-likeness (QED) is 0.750. The van der Waals surface area contributed by atoms with E-state index in [4.69, 9.17) is 9.56 Å². The monoisotopic (exact) mass is 280 g/mol. The van der Waals surface area contributed by atoms with Crippen molar-refractivity contribution in [3.8, 4) is 0 Å². The maximum Gasteiger partial charge on any atom is 0.271 e. The van der Waals surface area contributed by atoms with Gasteiger partial charge in [0.15, 0.2) is 0 Å². The van der Waals surface area contributed by atoms with Crippen LogP contribution in [-0.4, -0.2) is 30.7 Å². The van der Waals surface area contributed by atoms with Gasteiger partial charge in [0.1, 0.15) is 5.76 Å². The minimum Gasteiger partial charge on any atom is -0.447 e. The number of hydrogen-bond donors (Lipinski definition) is 2. The summed E-state index contributed by atoms with van der Waals surface area (Å²) >= 11 is 0. The van der Waals surface area contributed by atoms with E-state index in [0.717, 1.165) is 0 Å². The van der Waals surface area contributed by atoms with Crippen LogP contribution in [0.3, 0.4) is 0 Å². The van der Waals surface area contributed by atoms with Crippen LogP contribution in [0.2, 0.25) is 0 Å². The number of nitrogens with two attached hydrogens (primary N) is 1. The van der Waals surface area contributed by atoms with Gasteiger partial charge in [0.05, 0.1) is 6.54 Å². The van der Waals surface area contributed by atoms with Gasteiger partial charge in [0.2, 0.25) is 5.09 Å². The van der Waals surface area contributed by atoms with E-state index in [1.165, 1.54) is 6.07 Å². The molecule has 0 fully saturated rings. The van der Waals surface area contributed by atoms with Crippen LogP contribution in [0.25, 0.3) is 0 Å². The highest BCUT2D eigenvalue weighted by Gasteiger charge is 2.13. The molecule has 0 spiro atoms. The average Bonchev–Trinajstić information content (AvgIpc) is 2.61. The molecule has 0 aliphatic rings. The van der Waals surface area contributed by atoms with Crippen molar-refractivity contribution < 1.29 is 17.0 Å². The van der Waals surface area contributed by atoms with Crippen LogP contribution in [0.15, 0.2) is 21.6 Å². The number of nitrogens with one attached hydrogen (secondary N) is 1. The molecule has 0 aromatic carbocycles. The molecular weight excluding hydrogens is 264 g/mol. The van der Waals surface area contributed by atoms with E-state index in [2.05, 4.69) is 5.32 Å². The van der Waals surface area contributed by atoms with Gasteiger partial charge in [0.25, 0.3) is 10.0 Å². The zero-order valence-electron chi connectivity index (χ0n) is 9.67. The number of sulfonamides is 1. The van der Waals surface area contributed by atoms with Gasteiger partial charge in [-0.05, 0) is 19.1 Å². The normalized spacial score (nSPS) is 15.7. The molecule has 3 N–H and O–H groups in total. The van der Waals surface area contributed by atoms with Crippen molar-refractivity contribution in [2.24, 2.45) is 5.14 Å². The van der Waals surface area contributed by atoms with Crippen molar-refractivity contribution in [1.82, 2.24) is 5.32 Å². The zero-order valence-corrected chi connectivity index (χ0v) is 11.3. The Morgan fingerprint density at radius 2 is 2.18 bits per heavy atom. The molecule has 6 nitrogen and oxygen atoms in total. The molecule has 2 atom stereocenters. The van der Waals surface area contributed by atoms with Gasteiger partial charge < -0.3 is 9.73 Å². The van der Waals surface area contributed by atoms with Crippen molar-refractivity contribution in [3.05, 3.63) is 17.9 Å². The Hall–Kier alpha value is -0.700. The Balaban J connectivity index is 2.53. The Kier molecular flexibility index (Phi) is 4.87. The lowest BCUT2D eigenvalue weighted by Crippen LogP contribution is -2.30. The van der Waals surface area contributed by atoms with Crippen molar-refractivity contribution in [3.63, 3.8) is 0 Å². The Labute approximate surface area is 103 Å². The Morgan fingerprint density at radius 3 is 2.65 bits per heavy atom. The largest absolute Gasteiger partial charge is 0.447 e. The highest BCUT2D eigenvalue weighted by Crippen LogP contribution is 2.11. The highest BCUT2D eigenvalue weighted by atomic mass is 32.2. The summed E-state index contributed by atoms with van der Waals surface area (Å²) in [4.78, 5) is 0. The van der Waals surface area contributed by atoms with Crippen LogP contribution in [0.1, 0.15) is 12.7 Å².